The number of benzene rings is 1. The number of rotatable bonds is 22. The molecule has 4 atom stereocenters. The van der Waals surface area contributed by atoms with E-state index in [-0.39, 0.29) is 49.3 Å². The van der Waals surface area contributed by atoms with Gasteiger partial charge in [0, 0.05) is 19.5 Å². The molecule has 0 aromatic heterocycles. The summed E-state index contributed by atoms with van der Waals surface area (Å²) in [5.74, 6) is -1.99. The molecular weight excluding hydrogens is 658 g/mol. The number of amides is 4. The van der Waals surface area contributed by atoms with Crippen molar-refractivity contribution >= 4 is 29.4 Å². The molecule has 1 aromatic carbocycles. The van der Waals surface area contributed by atoms with Gasteiger partial charge in [-0.3, -0.25) is 28.9 Å². The van der Waals surface area contributed by atoms with E-state index < -0.39 is 41.9 Å². The minimum atomic E-state index is -1.04. The van der Waals surface area contributed by atoms with Crippen LogP contribution in [0.2, 0.25) is 0 Å². The Balaban J connectivity index is 2.35. The minimum absolute atomic E-state index is 0.00670. The van der Waals surface area contributed by atoms with E-state index in [1.807, 2.05) is 88.1 Å². The number of Topliss-reactive ketones (excluding diaryl/α,β-unsaturated/α-hetero) is 1. The first kappa shape index (κ1) is 43.8. The number of hydrogen-bond donors (Lipinski definition) is 4. The van der Waals surface area contributed by atoms with Gasteiger partial charge in [0.05, 0.1) is 25.8 Å². The molecule has 1 heterocycles. The highest BCUT2D eigenvalue weighted by atomic mass is 16.5. The summed E-state index contributed by atoms with van der Waals surface area (Å²) in [4.78, 5) is 70.0. The first-order valence-electron chi connectivity index (χ1n) is 18.4. The molecule has 4 amide bonds. The number of morpholine rings is 1. The average Bonchev–Trinajstić information content (AvgIpc) is 3.09. The SMILES string of the molecule is C=C/C=C(\C=C/C)CC[C@H](NC(=O)CN1CCOCC1)C(=O)NC(CC(C)C)C(=O)N[C@@H](Cc1ccccc1)C(=O)NC(CC(C)C)C(=O)C(=C)C. The Morgan fingerprint density at radius 3 is 1.96 bits per heavy atom. The maximum atomic E-state index is 14.0. The number of ether oxygens (including phenoxy) is 1. The lowest BCUT2D eigenvalue weighted by atomic mass is 9.96. The Hall–Kier alpha value is -4.35. The van der Waals surface area contributed by atoms with E-state index in [2.05, 4.69) is 34.4 Å². The zero-order valence-corrected chi connectivity index (χ0v) is 32.0. The van der Waals surface area contributed by atoms with Crippen LogP contribution in [0.1, 0.15) is 72.8 Å². The fourth-order valence-corrected chi connectivity index (χ4v) is 5.95. The van der Waals surface area contributed by atoms with Gasteiger partial charge < -0.3 is 26.0 Å². The molecule has 4 N–H and O–H groups in total. The van der Waals surface area contributed by atoms with Gasteiger partial charge in [0.2, 0.25) is 23.6 Å². The molecule has 52 heavy (non-hydrogen) atoms. The summed E-state index contributed by atoms with van der Waals surface area (Å²) >= 11 is 0. The van der Waals surface area contributed by atoms with Crippen molar-refractivity contribution in [1.82, 2.24) is 26.2 Å². The standard InChI is InChI=1S/C41H61N5O6/c1-9-14-31(15-10-2)18-19-33(42-37(47)27-46-20-22-52-23-21-46)39(49)44-35(25-29(5)6)40(50)45-36(26-32-16-12-11-13-17-32)41(51)43-34(24-28(3)4)38(48)30(7)8/h9-17,28-29,33-36H,1,7,18-27H2,2-6,8H3,(H,42,47)(H,43,51)(H,44,49)(H,45,50)/b15-10-,31-14+/t33-,34?,35?,36-/m0/s1. The molecule has 1 fully saturated rings. The maximum Gasteiger partial charge on any atom is 0.243 e. The van der Waals surface area contributed by atoms with Gasteiger partial charge in [0.15, 0.2) is 5.78 Å². The van der Waals surface area contributed by atoms with Crippen LogP contribution in [0.4, 0.5) is 0 Å². The van der Waals surface area contributed by atoms with Crippen LogP contribution < -0.4 is 21.3 Å². The van der Waals surface area contributed by atoms with Crippen LogP contribution in [0.15, 0.2) is 78.9 Å². The van der Waals surface area contributed by atoms with Crippen LogP contribution in [0, 0.1) is 11.8 Å². The summed E-state index contributed by atoms with van der Waals surface area (Å²) in [5.41, 5.74) is 2.08. The smallest absolute Gasteiger partial charge is 0.243 e. The molecule has 0 aliphatic carbocycles. The van der Waals surface area contributed by atoms with Crippen LogP contribution in [0.3, 0.4) is 0 Å². The van der Waals surface area contributed by atoms with Crippen LogP contribution in [0.5, 0.6) is 0 Å². The number of hydrogen-bond acceptors (Lipinski definition) is 7. The van der Waals surface area contributed by atoms with Gasteiger partial charge in [0.1, 0.15) is 18.1 Å². The molecule has 1 aliphatic heterocycles. The Labute approximate surface area is 310 Å². The van der Waals surface area contributed by atoms with Crippen LogP contribution >= 0.6 is 0 Å². The predicted octanol–water partition coefficient (Wildman–Crippen LogP) is 4.21. The number of carbonyl (C=O) groups excluding carboxylic acids is 5. The molecule has 11 heteroatoms. The third-order valence-corrected chi connectivity index (χ3v) is 8.57. The van der Waals surface area contributed by atoms with Crippen molar-refractivity contribution in [2.24, 2.45) is 11.8 Å². The third kappa shape index (κ3) is 16.3. The fourth-order valence-electron chi connectivity index (χ4n) is 5.95. The summed E-state index contributed by atoms with van der Waals surface area (Å²) in [7, 11) is 0. The summed E-state index contributed by atoms with van der Waals surface area (Å²) in [6.45, 7) is 21.3. The molecule has 0 radical (unpaired) electrons. The normalized spacial score (nSPS) is 16.1. The largest absolute Gasteiger partial charge is 0.379 e. The van der Waals surface area contributed by atoms with E-state index in [9.17, 15) is 24.0 Å². The van der Waals surface area contributed by atoms with Crippen molar-refractivity contribution in [2.75, 3.05) is 32.8 Å². The second kappa shape index (κ2) is 23.3. The van der Waals surface area contributed by atoms with Gasteiger partial charge in [-0.2, -0.15) is 0 Å². The van der Waals surface area contributed by atoms with E-state index in [1.54, 1.807) is 13.0 Å². The number of allylic oxidation sites excluding steroid dienone is 5. The Bertz CT molecular complexity index is 1410. The molecule has 0 bridgehead atoms. The highest BCUT2D eigenvalue weighted by molar-refractivity contribution is 6.01. The highest BCUT2D eigenvalue weighted by Gasteiger charge is 2.32. The maximum absolute atomic E-state index is 14.0. The second-order valence-corrected chi connectivity index (χ2v) is 14.3. The van der Waals surface area contributed by atoms with Gasteiger partial charge in [0.25, 0.3) is 0 Å². The minimum Gasteiger partial charge on any atom is -0.379 e. The van der Waals surface area contributed by atoms with E-state index in [0.717, 1.165) is 11.1 Å². The number of carbonyl (C=O) groups is 5. The zero-order chi connectivity index (χ0) is 38.6. The number of nitrogens with one attached hydrogen (secondary N) is 4. The van der Waals surface area contributed by atoms with Crippen molar-refractivity contribution in [3.05, 3.63) is 84.5 Å². The lowest BCUT2D eigenvalue weighted by molar-refractivity contribution is -0.134. The first-order valence-corrected chi connectivity index (χ1v) is 18.4. The average molecular weight is 720 g/mol. The van der Waals surface area contributed by atoms with E-state index >= 15 is 0 Å². The number of ketones is 1. The molecule has 0 saturated carbocycles. The zero-order valence-electron chi connectivity index (χ0n) is 32.0. The second-order valence-electron chi connectivity index (χ2n) is 14.3. The van der Waals surface area contributed by atoms with Crippen molar-refractivity contribution in [2.45, 2.75) is 97.8 Å². The number of nitrogens with zero attached hydrogens (tertiary/aromatic N) is 1. The van der Waals surface area contributed by atoms with Crippen LogP contribution in [0.25, 0.3) is 0 Å². The summed E-state index contributed by atoms with van der Waals surface area (Å²) in [6, 6.07) is 5.51. The Morgan fingerprint density at radius 1 is 0.827 bits per heavy atom. The van der Waals surface area contributed by atoms with Crippen molar-refractivity contribution in [3.63, 3.8) is 0 Å². The van der Waals surface area contributed by atoms with Gasteiger partial charge in [-0.05, 0) is 68.1 Å². The molecule has 11 nitrogen and oxygen atoms in total. The summed E-state index contributed by atoms with van der Waals surface area (Å²) in [6.07, 6.45) is 8.97. The van der Waals surface area contributed by atoms with E-state index in [4.69, 9.17) is 4.74 Å². The van der Waals surface area contributed by atoms with Gasteiger partial charge in [-0.25, -0.2) is 0 Å². The van der Waals surface area contributed by atoms with Crippen LogP contribution in [-0.4, -0.2) is 91.3 Å². The lowest BCUT2D eigenvalue weighted by Gasteiger charge is -2.29. The molecule has 1 aromatic rings. The topological polar surface area (TPSA) is 146 Å². The van der Waals surface area contributed by atoms with E-state index in [1.165, 1.54) is 0 Å². The molecule has 1 saturated heterocycles. The Kier molecular flexibility index (Phi) is 19.6. The summed E-state index contributed by atoms with van der Waals surface area (Å²) in [5, 5.41) is 11.6. The van der Waals surface area contributed by atoms with Gasteiger partial charge >= 0.3 is 0 Å². The first-order chi connectivity index (χ1) is 24.7. The predicted molar refractivity (Wildman–Crippen MR) is 206 cm³/mol. The quantitative estimate of drug-likeness (QED) is 0.104. The summed E-state index contributed by atoms with van der Waals surface area (Å²) < 4.78 is 5.40. The molecule has 0 spiro atoms. The Morgan fingerprint density at radius 2 is 1.38 bits per heavy atom. The third-order valence-electron chi connectivity index (χ3n) is 8.57. The van der Waals surface area contributed by atoms with Gasteiger partial charge in [-0.15, -0.1) is 0 Å². The molecule has 2 rings (SSSR count). The molecule has 286 valence electrons. The van der Waals surface area contributed by atoms with Crippen molar-refractivity contribution < 1.29 is 28.7 Å². The van der Waals surface area contributed by atoms with Crippen molar-refractivity contribution in [3.8, 4) is 0 Å². The molecule has 2 unspecified atom stereocenters. The highest BCUT2D eigenvalue weighted by Crippen LogP contribution is 2.14. The monoisotopic (exact) mass is 719 g/mol. The van der Waals surface area contributed by atoms with Gasteiger partial charge in [-0.1, -0.05) is 95.5 Å². The van der Waals surface area contributed by atoms with Crippen molar-refractivity contribution in [1.29, 1.82) is 0 Å². The molecular formula is C41H61N5O6. The lowest BCUT2D eigenvalue weighted by Crippen LogP contribution is -2.58. The molecule has 1 aliphatic rings. The van der Waals surface area contributed by atoms with E-state index in [0.29, 0.717) is 44.7 Å². The fraction of sp³-hybridized carbons (Fsp3) is 0.537. The van der Waals surface area contributed by atoms with Crippen LogP contribution in [-0.2, 0) is 35.1 Å².